The molecule has 0 aliphatic heterocycles. The molecule has 28 heavy (non-hydrogen) atoms. The van der Waals surface area contributed by atoms with Gasteiger partial charge in [0.2, 0.25) is 0 Å². The van der Waals surface area contributed by atoms with E-state index in [-0.39, 0.29) is 5.78 Å². The van der Waals surface area contributed by atoms with Crippen LogP contribution in [0.25, 0.3) is 10.9 Å². The van der Waals surface area contributed by atoms with Gasteiger partial charge in [0.1, 0.15) is 11.8 Å². The zero-order chi connectivity index (χ0) is 19.5. The minimum Gasteiger partial charge on any atom is -0.497 e. The number of anilines is 1. The fraction of sp³-hybridized carbons (Fsp3) is 0.125. The standard InChI is InChI=1S/C24H22N2O2/c1-16-10-12-17(13-11-16)23(26-18-6-5-7-19(14-18)28-2)24(27)21-15-25-22-9-4-3-8-20(21)22/h3-15,23,25-26H,1-2H3. The molecule has 4 heteroatoms. The first-order chi connectivity index (χ1) is 13.7. The zero-order valence-corrected chi connectivity index (χ0v) is 15.9. The van der Waals surface area contributed by atoms with Crippen molar-refractivity contribution in [2.75, 3.05) is 12.4 Å². The fourth-order valence-corrected chi connectivity index (χ4v) is 3.37. The summed E-state index contributed by atoms with van der Waals surface area (Å²) in [4.78, 5) is 16.7. The lowest BCUT2D eigenvalue weighted by Gasteiger charge is -2.20. The summed E-state index contributed by atoms with van der Waals surface area (Å²) >= 11 is 0. The van der Waals surface area contributed by atoms with E-state index in [0.717, 1.165) is 33.5 Å². The van der Waals surface area contributed by atoms with Gasteiger partial charge in [-0.2, -0.15) is 0 Å². The number of aromatic nitrogens is 1. The number of aryl methyl sites for hydroxylation is 1. The minimum atomic E-state index is -0.507. The van der Waals surface area contributed by atoms with Crippen LogP contribution in [0.15, 0.2) is 79.0 Å². The molecule has 0 aliphatic rings. The quantitative estimate of drug-likeness (QED) is 0.439. The molecule has 1 aromatic heterocycles. The van der Waals surface area contributed by atoms with Crippen LogP contribution in [0.4, 0.5) is 5.69 Å². The molecule has 0 saturated heterocycles. The Kier molecular flexibility index (Phi) is 4.85. The monoisotopic (exact) mass is 370 g/mol. The van der Waals surface area contributed by atoms with Crippen molar-refractivity contribution in [3.8, 4) is 5.75 Å². The smallest absolute Gasteiger partial charge is 0.191 e. The maximum Gasteiger partial charge on any atom is 0.191 e. The summed E-state index contributed by atoms with van der Waals surface area (Å²) in [6.07, 6.45) is 1.79. The van der Waals surface area contributed by atoms with Crippen LogP contribution in [-0.4, -0.2) is 17.9 Å². The van der Waals surface area contributed by atoms with Gasteiger partial charge in [-0.05, 0) is 30.7 Å². The number of H-pyrrole nitrogens is 1. The number of para-hydroxylation sites is 1. The number of aromatic amines is 1. The van der Waals surface area contributed by atoms with Crippen LogP contribution >= 0.6 is 0 Å². The molecule has 0 saturated carbocycles. The highest BCUT2D eigenvalue weighted by atomic mass is 16.5. The number of ether oxygens (including phenoxy) is 1. The molecule has 1 atom stereocenters. The van der Waals surface area contributed by atoms with Gasteiger partial charge < -0.3 is 15.0 Å². The van der Waals surface area contributed by atoms with Crippen molar-refractivity contribution in [2.24, 2.45) is 0 Å². The number of fused-ring (bicyclic) bond motifs is 1. The van der Waals surface area contributed by atoms with Crippen LogP contribution in [0, 0.1) is 6.92 Å². The second-order valence-corrected chi connectivity index (χ2v) is 6.83. The van der Waals surface area contributed by atoms with E-state index in [4.69, 9.17) is 4.74 Å². The number of carbonyl (C=O) groups is 1. The van der Waals surface area contributed by atoms with Gasteiger partial charge in [0.15, 0.2) is 5.78 Å². The SMILES string of the molecule is COc1cccc(NC(C(=O)c2c[nH]c3ccccc23)c2ccc(C)cc2)c1. The maximum absolute atomic E-state index is 13.6. The van der Waals surface area contributed by atoms with E-state index in [1.54, 1.807) is 13.3 Å². The number of ketones is 1. The van der Waals surface area contributed by atoms with Gasteiger partial charge in [0.05, 0.1) is 7.11 Å². The number of carbonyl (C=O) groups excluding carboxylic acids is 1. The normalized spacial score (nSPS) is 11.9. The first-order valence-electron chi connectivity index (χ1n) is 9.23. The lowest BCUT2D eigenvalue weighted by atomic mass is 9.96. The third-order valence-electron chi connectivity index (χ3n) is 4.91. The summed E-state index contributed by atoms with van der Waals surface area (Å²) in [5.41, 5.74) is 4.54. The molecule has 0 spiro atoms. The summed E-state index contributed by atoms with van der Waals surface area (Å²) in [6.45, 7) is 2.04. The number of Topliss-reactive ketones (excluding diaryl/α,β-unsaturated/α-hetero) is 1. The highest BCUT2D eigenvalue weighted by Crippen LogP contribution is 2.29. The molecule has 140 valence electrons. The van der Waals surface area contributed by atoms with E-state index in [1.807, 2.05) is 79.7 Å². The summed E-state index contributed by atoms with van der Waals surface area (Å²) in [5.74, 6) is 0.760. The van der Waals surface area contributed by atoms with Crippen molar-refractivity contribution in [3.63, 3.8) is 0 Å². The number of benzene rings is 3. The van der Waals surface area contributed by atoms with Crippen LogP contribution in [0.1, 0.15) is 27.5 Å². The van der Waals surface area contributed by atoms with E-state index in [2.05, 4.69) is 10.3 Å². The minimum absolute atomic E-state index is 0.0177. The Labute approximate surface area is 164 Å². The van der Waals surface area contributed by atoms with Gasteiger partial charge in [-0.25, -0.2) is 0 Å². The molecule has 0 aliphatic carbocycles. The molecule has 4 rings (SSSR count). The predicted molar refractivity (Wildman–Crippen MR) is 113 cm³/mol. The van der Waals surface area contributed by atoms with Gasteiger partial charge in [0.25, 0.3) is 0 Å². The molecule has 0 fully saturated rings. The summed E-state index contributed by atoms with van der Waals surface area (Å²) in [6, 6.07) is 23.0. The van der Waals surface area contributed by atoms with E-state index < -0.39 is 6.04 Å². The van der Waals surface area contributed by atoms with Gasteiger partial charge in [-0.3, -0.25) is 4.79 Å². The Morgan fingerprint density at radius 1 is 1.00 bits per heavy atom. The Balaban J connectivity index is 1.75. The molecule has 1 unspecified atom stereocenters. The maximum atomic E-state index is 13.6. The van der Waals surface area contributed by atoms with Crippen molar-refractivity contribution >= 4 is 22.4 Å². The number of hydrogen-bond donors (Lipinski definition) is 2. The Morgan fingerprint density at radius 2 is 1.79 bits per heavy atom. The first kappa shape index (κ1) is 17.9. The average Bonchev–Trinajstić information content (AvgIpc) is 3.17. The van der Waals surface area contributed by atoms with E-state index >= 15 is 0 Å². The zero-order valence-electron chi connectivity index (χ0n) is 15.9. The molecule has 0 bridgehead atoms. The van der Waals surface area contributed by atoms with Crippen molar-refractivity contribution in [2.45, 2.75) is 13.0 Å². The molecule has 0 amide bonds. The Hall–Kier alpha value is -3.53. The van der Waals surface area contributed by atoms with Crippen molar-refractivity contribution < 1.29 is 9.53 Å². The fourth-order valence-electron chi connectivity index (χ4n) is 3.37. The lowest BCUT2D eigenvalue weighted by Crippen LogP contribution is -2.21. The van der Waals surface area contributed by atoms with Crippen molar-refractivity contribution in [1.29, 1.82) is 0 Å². The molecular formula is C24H22N2O2. The van der Waals surface area contributed by atoms with Gasteiger partial charge in [-0.15, -0.1) is 0 Å². The van der Waals surface area contributed by atoms with Crippen LogP contribution in [0.5, 0.6) is 5.75 Å². The summed E-state index contributed by atoms with van der Waals surface area (Å²) in [5, 5.41) is 4.33. The molecule has 2 N–H and O–H groups in total. The Bertz CT molecular complexity index is 1110. The summed E-state index contributed by atoms with van der Waals surface area (Å²) in [7, 11) is 1.63. The third-order valence-corrected chi connectivity index (χ3v) is 4.91. The second kappa shape index (κ2) is 7.61. The van der Waals surface area contributed by atoms with E-state index in [0.29, 0.717) is 5.56 Å². The van der Waals surface area contributed by atoms with Gasteiger partial charge in [-0.1, -0.05) is 54.1 Å². The molecule has 4 nitrogen and oxygen atoms in total. The molecular weight excluding hydrogens is 348 g/mol. The second-order valence-electron chi connectivity index (χ2n) is 6.83. The Morgan fingerprint density at radius 3 is 2.57 bits per heavy atom. The number of nitrogens with one attached hydrogen (secondary N) is 2. The van der Waals surface area contributed by atoms with Crippen molar-refractivity contribution in [1.82, 2.24) is 4.98 Å². The highest BCUT2D eigenvalue weighted by Gasteiger charge is 2.24. The molecule has 1 heterocycles. The average molecular weight is 370 g/mol. The number of methoxy groups -OCH3 is 1. The van der Waals surface area contributed by atoms with Crippen LogP contribution in [-0.2, 0) is 0 Å². The van der Waals surface area contributed by atoms with Crippen LogP contribution in [0.3, 0.4) is 0 Å². The first-order valence-corrected chi connectivity index (χ1v) is 9.23. The highest BCUT2D eigenvalue weighted by molar-refractivity contribution is 6.11. The van der Waals surface area contributed by atoms with Crippen LogP contribution < -0.4 is 10.1 Å². The van der Waals surface area contributed by atoms with Crippen LogP contribution in [0.2, 0.25) is 0 Å². The lowest BCUT2D eigenvalue weighted by molar-refractivity contribution is 0.0971. The van der Waals surface area contributed by atoms with E-state index in [9.17, 15) is 4.79 Å². The predicted octanol–water partition coefficient (Wildman–Crippen LogP) is 5.52. The molecule has 0 radical (unpaired) electrons. The third kappa shape index (κ3) is 3.49. The van der Waals surface area contributed by atoms with E-state index in [1.165, 1.54) is 0 Å². The number of rotatable bonds is 6. The largest absolute Gasteiger partial charge is 0.497 e. The molecule has 4 aromatic rings. The number of hydrogen-bond acceptors (Lipinski definition) is 3. The molecule has 3 aromatic carbocycles. The van der Waals surface area contributed by atoms with Gasteiger partial charge >= 0.3 is 0 Å². The van der Waals surface area contributed by atoms with Gasteiger partial charge in [0, 0.05) is 34.4 Å². The van der Waals surface area contributed by atoms with Crippen molar-refractivity contribution in [3.05, 3.63) is 95.7 Å². The summed E-state index contributed by atoms with van der Waals surface area (Å²) < 4.78 is 5.32. The topological polar surface area (TPSA) is 54.1 Å².